The summed E-state index contributed by atoms with van der Waals surface area (Å²) < 4.78 is 0.627. The van der Waals surface area contributed by atoms with E-state index in [1.54, 1.807) is 11.3 Å². The van der Waals surface area contributed by atoms with Crippen molar-refractivity contribution in [3.8, 4) is 0 Å². The molecule has 1 aromatic rings. The molecule has 2 N–H and O–H groups in total. The highest BCUT2D eigenvalue weighted by Gasteiger charge is 2.11. The molecule has 1 unspecified atom stereocenters. The molecule has 0 spiro atoms. The lowest BCUT2D eigenvalue weighted by Gasteiger charge is -2.23. The predicted molar refractivity (Wildman–Crippen MR) is 64.5 cm³/mol. The zero-order chi connectivity index (χ0) is 10.5. The molecule has 1 aliphatic rings. The lowest BCUT2D eigenvalue weighted by atomic mass is 10.1. The molecule has 0 aromatic carbocycles. The van der Waals surface area contributed by atoms with Crippen LogP contribution in [0.25, 0.3) is 0 Å². The van der Waals surface area contributed by atoms with Gasteiger partial charge in [0.2, 0.25) is 0 Å². The van der Waals surface area contributed by atoms with Gasteiger partial charge in [0.05, 0.1) is 0 Å². The molecule has 0 bridgehead atoms. The highest BCUT2D eigenvalue weighted by molar-refractivity contribution is 7.15. The first kappa shape index (κ1) is 11.3. The van der Waals surface area contributed by atoms with Crippen molar-refractivity contribution in [3.63, 3.8) is 0 Å². The molecule has 2 rings (SSSR count). The van der Waals surface area contributed by atoms with E-state index in [4.69, 9.17) is 11.6 Å². The zero-order valence-corrected chi connectivity index (χ0v) is 10.2. The van der Waals surface area contributed by atoms with Crippen LogP contribution in [-0.4, -0.2) is 24.1 Å². The number of nitrogens with zero attached hydrogens (tertiary/aromatic N) is 1. The summed E-state index contributed by atoms with van der Waals surface area (Å²) in [5, 5.41) is 6.94. The van der Waals surface area contributed by atoms with Crippen LogP contribution < -0.4 is 10.6 Å². The highest BCUT2D eigenvalue weighted by atomic mass is 35.5. The van der Waals surface area contributed by atoms with Gasteiger partial charge in [-0.25, -0.2) is 4.98 Å². The summed E-state index contributed by atoms with van der Waals surface area (Å²) >= 11 is 7.30. The molecule has 2 heterocycles. The Balaban J connectivity index is 1.65. The molecular weight excluding hydrogens is 230 g/mol. The average molecular weight is 246 g/mol. The van der Waals surface area contributed by atoms with Crippen LogP contribution in [0.1, 0.15) is 24.1 Å². The monoisotopic (exact) mass is 245 g/mol. The topological polar surface area (TPSA) is 37.0 Å². The molecule has 5 heteroatoms. The van der Waals surface area contributed by atoms with Gasteiger partial charge in [0, 0.05) is 30.2 Å². The Labute approximate surface area is 99.2 Å². The summed E-state index contributed by atoms with van der Waals surface area (Å²) in [5.74, 6) is 0. The van der Waals surface area contributed by atoms with E-state index in [0.29, 0.717) is 10.5 Å². The van der Waals surface area contributed by atoms with Crippen LogP contribution in [-0.2, 0) is 6.54 Å². The van der Waals surface area contributed by atoms with Crippen molar-refractivity contribution in [3.05, 3.63) is 15.5 Å². The Morgan fingerprint density at radius 1 is 1.60 bits per heavy atom. The van der Waals surface area contributed by atoms with E-state index in [1.807, 2.05) is 6.20 Å². The lowest BCUT2D eigenvalue weighted by molar-refractivity contribution is 0.383. The van der Waals surface area contributed by atoms with Crippen molar-refractivity contribution >= 4 is 22.9 Å². The van der Waals surface area contributed by atoms with E-state index in [0.717, 1.165) is 13.1 Å². The number of aromatic nitrogens is 1. The molecule has 84 valence electrons. The van der Waals surface area contributed by atoms with Crippen LogP contribution in [0.2, 0.25) is 4.47 Å². The summed E-state index contributed by atoms with van der Waals surface area (Å²) in [6.07, 6.45) is 5.80. The van der Waals surface area contributed by atoms with E-state index in [2.05, 4.69) is 15.6 Å². The van der Waals surface area contributed by atoms with E-state index >= 15 is 0 Å². The quantitative estimate of drug-likeness (QED) is 0.853. The van der Waals surface area contributed by atoms with E-state index < -0.39 is 0 Å². The maximum Gasteiger partial charge on any atom is 0.183 e. The van der Waals surface area contributed by atoms with Gasteiger partial charge in [-0.1, -0.05) is 18.0 Å². The molecule has 1 aliphatic heterocycles. The largest absolute Gasteiger partial charge is 0.313 e. The average Bonchev–Trinajstić information content (AvgIpc) is 2.66. The first-order valence-electron chi connectivity index (χ1n) is 5.39. The fourth-order valence-electron chi connectivity index (χ4n) is 1.83. The number of nitrogens with one attached hydrogen (secondary N) is 2. The standard InChI is InChI=1S/C10H16ClN3S/c11-10-14-7-9(15-10)6-12-5-8-3-1-2-4-13-8/h7-8,12-13H,1-6H2. The number of hydrogen-bond donors (Lipinski definition) is 2. The van der Waals surface area contributed by atoms with E-state index in [1.165, 1.54) is 30.7 Å². The van der Waals surface area contributed by atoms with Gasteiger partial charge in [-0.05, 0) is 19.4 Å². The third kappa shape index (κ3) is 3.72. The SMILES string of the molecule is Clc1ncc(CNCC2CCCCN2)s1. The molecule has 3 nitrogen and oxygen atoms in total. The van der Waals surface area contributed by atoms with Crippen molar-refractivity contribution in [1.82, 2.24) is 15.6 Å². The van der Waals surface area contributed by atoms with Gasteiger partial charge in [-0.2, -0.15) is 0 Å². The van der Waals surface area contributed by atoms with Crippen LogP contribution in [0.5, 0.6) is 0 Å². The molecule has 15 heavy (non-hydrogen) atoms. The number of thiazole rings is 1. The normalized spacial score (nSPS) is 21.8. The van der Waals surface area contributed by atoms with Crippen LogP contribution in [0, 0.1) is 0 Å². The van der Waals surface area contributed by atoms with Crippen LogP contribution >= 0.6 is 22.9 Å². The van der Waals surface area contributed by atoms with Gasteiger partial charge in [-0.15, -0.1) is 11.3 Å². The minimum Gasteiger partial charge on any atom is -0.313 e. The second kappa shape index (κ2) is 5.80. The minimum atomic E-state index is 0.627. The van der Waals surface area contributed by atoms with Gasteiger partial charge < -0.3 is 10.6 Å². The highest BCUT2D eigenvalue weighted by Crippen LogP contribution is 2.17. The van der Waals surface area contributed by atoms with Crippen molar-refractivity contribution < 1.29 is 0 Å². The molecule has 0 saturated carbocycles. The summed E-state index contributed by atoms with van der Waals surface area (Å²) in [4.78, 5) is 5.21. The van der Waals surface area contributed by atoms with Gasteiger partial charge in [0.1, 0.15) is 0 Å². The van der Waals surface area contributed by atoms with Gasteiger partial charge >= 0.3 is 0 Å². The maximum absolute atomic E-state index is 5.76. The van der Waals surface area contributed by atoms with Crippen molar-refractivity contribution in [2.75, 3.05) is 13.1 Å². The third-order valence-electron chi connectivity index (χ3n) is 2.63. The molecule has 0 amide bonds. The Morgan fingerprint density at radius 2 is 2.53 bits per heavy atom. The molecule has 1 atom stereocenters. The number of hydrogen-bond acceptors (Lipinski definition) is 4. The zero-order valence-electron chi connectivity index (χ0n) is 8.63. The fourth-order valence-corrected chi connectivity index (χ4v) is 2.78. The third-order valence-corrected chi connectivity index (χ3v) is 3.74. The number of halogens is 1. The van der Waals surface area contributed by atoms with Gasteiger partial charge in [-0.3, -0.25) is 0 Å². The molecule has 1 aromatic heterocycles. The lowest BCUT2D eigenvalue weighted by Crippen LogP contribution is -2.41. The van der Waals surface area contributed by atoms with Gasteiger partial charge in [0.25, 0.3) is 0 Å². The molecular formula is C10H16ClN3S. The van der Waals surface area contributed by atoms with Crippen LogP contribution in [0.4, 0.5) is 0 Å². The minimum absolute atomic E-state index is 0.627. The predicted octanol–water partition coefficient (Wildman–Crippen LogP) is 2.03. The Morgan fingerprint density at radius 3 is 3.20 bits per heavy atom. The molecule has 0 radical (unpaired) electrons. The number of rotatable bonds is 4. The fraction of sp³-hybridized carbons (Fsp3) is 0.700. The van der Waals surface area contributed by atoms with Crippen LogP contribution in [0.3, 0.4) is 0 Å². The van der Waals surface area contributed by atoms with E-state index in [-0.39, 0.29) is 0 Å². The van der Waals surface area contributed by atoms with Crippen molar-refractivity contribution in [1.29, 1.82) is 0 Å². The number of piperidine rings is 1. The van der Waals surface area contributed by atoms with Crippen molar-refractivity contribution in [2.24, 2.45) is 0 Å². The summed E-state index contributed by atoms with van der Waals surface area (Å²) in [5.41, 5.74) is 0. The van der Waals surface area contributed by atoms with Crippen LogP contribution in [0.15, 0.2) is 6.20 Å². The summed E-state index contributed by atoms with van der Waals surface area (Å²) in [6, 6.07) is 0.641. The first-order chi connectivity index (χ1) is 7.34. The molecule has 1 fully saturated rings. The smallest absolute Gasteiger partial charge is 0.183 e. The van der Waals surface area contributed by atoms with E-state index in [9.17, 15) is 0 Å². The Hall–Kier alpha value is -0.160. The molecule has 1 saturated heterocycles. The first-order valence-corrected chi connectivity index (χ1v) is 6.58. The Kier molecular flexibility index (Phi) is 4.38. The van der Waals surface area contributed by atoms with Gasteiger partial charge in [0.15, 0.2) is 4.47 Å². The second-order valence-corrected chi connectivity index (χ2v) is 5.55. The summed E-state index contributed by atoms with van der Waals surface area (Å²) in [6.45, 7) is 3.08. The second-order valence-electron chi connectivity index (χ2n) is 3.86. The Bertz CT molecular complexity index is 297. The maximum atomic E-state index is 5.76. The summed E-state index contributed by atoms with van der Waals surface area (Å²) in [7, 11) is 0. The van der Waals surface area contributed by atoms with Crippen molar-refractivity contribution in [2.45, 2.75) is 31.8 Å². The molecule has 0 aliphatic carbocycles.